The summed E-state index contributed by atoms with van der Waals surface area (Å²) in [5.41, 5.74) is 2.11. The van der Waals surface area contributed by atoms with Crippen molar-refractivity contribution in [2.75, 3.05) is 0 Å². The van der Waals surface area contributed by atoms with E-state index in [0.29, 0.717) is 28.3 Å². The van der Waals surface area contributed by atoms with Crippen LogP contribution in [0.1, 0.15) is 10.8 Å². The van der Waals surface area contributed by atoms with E-state index in [1.54, 1.807) is 6.92 Å². The summed E-state index contributed by atoms with van der Waals surface area (Å²) in [6.07, 6.45) is 0. The van der Waals surface area contributed by atoms with Crippen LogP contribution < -0.4 is 5.14 Å². The number of nitrogens with zero attached hydrogens (tertiary/aromatic N) is 2. The Labute approximate surface area is 135 Å². The van der Waals surface area contributed by atoms with Crippen molar-refractivity contribution in [1.82, 2.24) is 10.1 Å². The van der Waals surface area contributed by atoms with Gasteiger partial charge in [-0.15, -0.1) is 11.3 Å². The number of nitrogens with two attached hydrogens (primary N) is 1. The molecule has 23 heavy (non-hydrogen) atoms. The average Bonchev–Trinajstić information content (AvgIpc) is 3.03. The molecule has 2 aromatic heterocycles. The highest BCUT2D eigenvalue weighted by molar-refractivity contribution is 7.89. The third-order valence-corrected chi connectivity index (χ3v) is 4.97. The third-order valence-electron chi connectivity index (χ3n) is 3.25. The summed E-state index contributed by atoms with van der Waals surface area (Å²) in [4.78, 5) is 3.79. The lowest BCUT2D eigenvalue weighted by Gasteiger charge is -2.05. The van der Waals surface area contributed by atoms with Crippen LogP contribution in [0.4, 0.5) is 4.39 Å². The third kappa shape index (κ3) is 2.90. The van der Waals surface area contributed by atoms with Crippen LogP contribution in [0, 0.1) is 19.7 Å². The number of benzene rings is 1. The number of primary sulfonamides is 1. The van der Waals surface area contributed by atoms with Crippen molar-refractivity contribution in [3.8, 4) is 22.5 Å². The summed E-state index contributed by atoms with van der Waals surface area (Å²) >= 11 is 1.46. The molecule has 0 radical (unpaired) electrons. The van der Waals surface area contributed by atoms with Gasteiger partial charge in [-0.25, -0.2) is 22.9 Å². The summed E-state index contributed by atoms with van der Waals surface area (Å²) in [6.45, 7) is 3.55. The molecule has 2 heterocycles. The number of hydrogen-bond acceptors (Lipinski definition) is 6. The Kier molecular flexibility index (Phi) is 3.78. The normalized spacial score (nSPS) is 11.8. The number of rotatable bonds is 3. The molecule has 120 valence electrons. The van der Waals surface area contributed by atoms with Gasteiger partial charge in [-0.3, -0.25) is 0 Å². The van der Waals surface area contributed by atoms with Gasteiger partial charge in [0, 0.05) is 5.38 Å². The topological polar surface area (TPSA) is 99.1 Å². The van der Waals surface area contributed by atoms with E-state index in [2.05, 4.69) is 10.1 Å². The van der Waals surface area contributed by atoms with Gasteiger partial charge in [0.25, 0.3) is 0 Å². The zero-order chi connectivity index (χ0) is 16.8. The summed E-state index contributed by atoms with van der Waals surface area (Å²) in [6, 6.07) is 3.69. The van der Waals surface area contributed by atoms with E-state index in [4.69, 9.17) is 9.66 Å². The Morgan fingerprint density at radius 1 is 1.30 bits per heavy atom. The van der Waals surface area contributed by atoms with Crippen LogP contribution >= 0.6 is 11.3 Å². The maximum Gasteiger partial charge on any atom is 0.240 e. The van der Waals surface area contributed by atoms with Crippen LogP contribution in [-0.2, 0) is 10.0 Å². The average molecular weight is 353 g/mol. The molecular weight excluding hydrogens is 341 g/mol. The molecule has 0 fully saturated rings. The smallest absolute Gasteiger partial charge is 0.240 e. The fraction of sp³-hybridized carbons (Fsp3) is 0.143. The first kappa shape index (κ1) is 15.8. The lowest BCUT2D eigenvalue weighted by Crippen LogP contribution is -2.13. The van der Waals surface area contributed by atoms with E-state index in [9.17, 15) is 12.8 Å². The Morgan fingerprint density at radius 3 is 2.61 bits per heavy atom. The highest BCUT2D eigenvalue weighted by atomic mass is 32.2. The maximum absolute atomic E-state index is 14.1. The van der Waals surface area contributed by atoms with E-state index in [-0.39, 0.29) is 0 Å². The molecule has 0 spiro atoms. The van der Waals surface area contributed by atoms with Crippen molar-refractivity contribution in [1.29, 1.82) is 0 Å². The fourth-order valence-electron chi connectivity index (χ4n) is 2.25. The molecule has 0 aliphatic rings. The number of hydrogen-bond donors (Lipinski definition) is 1. The Bertz CT molecular complexity index is 993. The zero-order valence-electron chi connectivity index (χ0n) is 12.2. The van der Waals surface area contributed by atoms with Crippen molar-refractivity contribution in [2.24, 2.45) is 5.14 Å². The molecule has 0 atom stereocenters. The first-order chi connectivity index (χ1) is 10.8. The molecule has 1 aromatic carbocycles. The molecule has 0 saturated heterocycles. The summed E-state index contributed by atoms with van der Waals surface area (Å²) in [5, 5.41) is 11.6. The molecule has 6 nitrogen and oxygen atoms in total. The number of aromatic nitrogens is 2. The van der Waals surface area contributed by atoms with Gasteiger partial charge in [0.15, 0.2) is 0 Å². The number of halogens is 1. The van der Waals surface area contributed by atoms with Gasteiger partial charge in [0.2, 0.25) is 10.0 Å². The van der Waals surface area contributed by atoms with E-state index in [1.807, 2.05) is 12.3 Å². The van der Waals surface area contributed by atoms with Crippen LogP contribution in [0.25, 0.3) is 22.5 Å². The number of sulfonamides is 1. The minimum absolute atomic E-state index is 0.439. The van der Waals surface area contributed by atoms with Crippen molar-refractivity contribution in [2.45, 2.75) is 18.7 Å². The fourth-order valence-corrected chi connectivity index (χ4v) is 3.43. The zero-order valence-corrected chi connectivity index (χ0v) is 13.8. The second kappa shape index (κ2) is 5.52. The van der Waals surface area contributed by atoms with Crippen LogP contribution in [0.15, 0.2) is 33.0 Å². The standard InChI is InChI=1S/C14H12FN3O3S2/c1-7-13(14(18-21-7)11-6-22-8(2)17-11)9-3-4-12(10(15)5-9)23(16,19)20/h3-6H,1-2H3,(H2,16,19,20). The monoisotopic (exact) mass is 353 g/mol. The molecule has 0 unspecified atom stereocenters. The second-order valence-corrected chi connectivity index (χ2v) is 7.50. The largest absolute Gasteiger partial charge is 0.360 e. The predicted molar refractivity (Wildman–Crippen MR) is 83.9 cm³/mol. The highest BCUT2D eigenvalue weighted by Crippen LogP contribution is 2.35. The van der Waals surface area contributed by atoms with Gasteiger partial charge in [0.1, 0.15) is 27.9 Å². The quantitative estimate of drug-likeness (QED) is 0.780. The molecule has 0 bridgehead atoms. The predicted octanol–water partition coefficient (Wildman–Crippen LogP) is 2.87. The molecule has 0 saturated carbocycles. The molecule has 3 aromatic rings. The Hall–Kier alpha value is -2.10. The van der Waals surface area contributed by atoms with E-state index in [0.717, 1.165) is 17.1 Å². The second-order valence-electron chi connectivity index (χ2n) is 4.90. The van der Waals surface area contributed by atoms with Gasteiger partial charge < -0.3 is 4.52 Å². The Balaban J connectivity index is 2.17. The lowest BCUT2D eigenvalue weighted by atomic mass is 10.0. The first-order valence-electron chi connectivity index (χ1n) is 6.49. The summed E-state index contributed by atoms with van der Waals surface area (Å²) in [5.74, 6) is -0.445. The molecule has 0 aliphatic heterocycles. The molecule has 0 aliphatic carbocycles. The molecule has 0 amide bonds. The first-order valence-corrected chi connectivity index (χ1v) is 8.91. The molecule has 9 heteroatoms. The minimum Gasteiger partial charge on any atom is -0.360 e. The van der Waals surface area contributed by atoms with Gasteiger partial charge in [0.05, 0.1) is 10.6 Å². The van der Waals surface area contributed by atoms with Crippen molar-refractivity contribution in [3.63, 3.8) is 0 Å². The van der Waals surface area contributed by atoms with Crippen LogP contribution in [0.5, 0.6) is 0 Å². The molecular formula is C14H12FN3O3S2. The van der Waals surface area contributed by atoms with Gasteiger partial charge in [-0.1, -0.05) is 11.2 Å². The van der Waals surface area contributed by atoms with Crippen LogP contribution in [0.2, 0.25) is 0 Å². The van der Waals surface area contributed by atoms with E-state index < -0.39 is 20.7 Å². The lowest BCUT2D eigenvalue weighted by molar-refractivity contribution is 0.400. The van der Waals surface area contributed by atoms with E-state index in [1.165, 1.54) is 17.4 Å². The summed E-state index contributed by atoms with van der Waals surface area (Å²) < 4.78 is 41.9. The van der Waals surface area contributed by atoms with Crippen LogP contribution in [0.3, 0.4) is 0 Å². The number of aryl methyl sites for hydroxylation is 2. The van der Waals surface area contributed by atoms with Crippen molar-refractivity contribution in [3.05, 3.63) is 40.2 Å². The summed E-state index contributed by atoms with van der Waals surface area (Å²) in [7, 11) is -4.11. The minimum atomic E-state index is -4.11. The van der Waals surface area contributed by atoms with Gasteiger partial charge in [-0.2, -0.15) is 0 Å². The van der Waals surface area contributed by atoms with Crippen molar-refractivity contribution >= 4 is 21.4 Å². The molecule has 2 N–H and O–H groups in total. The highest BCUT2D eigenvalue weighted by Gasteiger charge is 2.21. The number of thiazole rings is 1. The van der Waals surface area contributed by atoms with Crippen molar-refractivity contribution < 1.29 is 17.3 Å². The van der Waals surface area contributed by atoms with E-state index >= 15 is 0 Å². The van der Waals surface area contributed by atoms with Crippen LogP contribution in [-0.4, -0.2) is 18.6 Å². The van der Waals surface area contributed by atoms with Gasteiger partial charge in [-0.05, 0) is 31.5 Å². The Morgan fingerprint density at radius 2 is 2.04 bits per heavy atom. The maximum atomic E-state index is 14.1. The molecule has 3 rings (SSSR count). The SMILES string of the molecule is Cc1nc(-c2noc(C)c2-c2ccc(S(N)(=O)=O)c(F)c2)cs1. The van der Waals surface area contributed by atoms with Gasteiger partial charge >= 0.3 is 0 Å².